The average Bonchev–Trinajstić information content (AvgIpc) is 2.47. The van der Waals surface area contributed by atoms with Crippen LogP contribution in [-0.4, -0.2) is 21.8 Å². The van der Waals surface area contributed by atoms with Gasteiger partial charge in [-0.2, -0.15) is 0 Å². The molecule has 0 spiro atoms. The highest BCUT2D eigenvalue weighted by Crippen LogP contribution is 2.22. The molecule has 0 saturated carbocycles. The molecule has 4 nitrogen and oxygen atoms in total. The first kappa shape index (κ1) is 8.16. The Morgan fingerprint density at radius 1 is 1.31 bits per heavy atom. The van der Waals surface area contributed by atoms with E-state index in [0.717, 1.165) is 5.82 Å². The Morgan fingerprint density at radius 2 is 2.08 bits per heavy atom. The van der Waals surface area contributed by atoms with Crippen LogP contribution < -0.4 is 5.43 Å². The lowest BCUT2D eigenvalue weighted by molar-refractivity contribution is 0.253. The molecular weight excluding hydrogens is 164 g/mol. The molecule has 0 aromatic carbocycles. The van der Waals surface area contributed by atoms with E-state index in [4.69, 9.17) is 0 Å². The molecule has 0 aliphatic carbocycles. The molecule has 0 saturated heterocycles. The summed E-state index contributed by atoms with van der Waals surface area (Å²) in [6.07, 6.45) is 7.71. The molecule has 0 unspecified atom stereocenters. The Kier molecular flexibility index (Phi) is 1.58. The molecule has 13 heavy (non-hydrogen) atoms. The van der Waals surface area contributed by atoms with Crippen LogP contribution >= 0.6 is 0 Å². The number of hydrogen-bond donors (Lipinski definition) is 1. The van der Waals surface area contributed by atoms with Crippen molar-refractivity contribution in [2.24, 2.45) is 4.99 Å². The maximum Gasteiger partial charge on any atom is 0.169 e. The van der Waals surface area contributed by atoms with Gasteiger partial charge in [0.1, 0.15) is 6.34 Å². The van der Waals surface area contributed by atoms with Crippen LogP contribution in [0.4, 0.5) is 0 Å². The van der Waals surface area contributed by atoms with E-state index in [9.17, 15) is 0 Å². The van der Waals surface area contributed by atoms with Crippen molar-refractivity contribution in [3.8, 4) is 0 Å². The molecular formula is C9H14N4. The highest BCUT2D eigenvalue weighted by atomic mass is 15.6. The molecule has 0 radical (unpaired) electrons. The van der Waals surface area contributed by atoms with Gasteiger partial charge in [-0.3, -0.25) is 5.43 Å². The van der Waals surface area contributed by atoms with E-state index in [0.29, 0.717) is 0 Å². The normalized spacial score (nSPS) is 20.1. The third-order valence-electron chi connectivity index (χ3n) is 2.05. The zero-order chi connectivity index (χ0) is 9.47. The fourth-order valence-electron chi connectivity index (χ4n) is 1.22. The minimum atomic E-state index is 0.105. The molecule has 70 valence electrons. The zero-order valence-electron chi connectivity index (χ0n) is 8.15. The summed E-state index contributed by atoms with van der Waals surface area (Å²) in [5.74, 6) is 0.928. The van der Waals surface area contributed by atoms with Crippen molar-refractivity contribution in [1.29, 1.82) is 0 Å². The number of nitrogens with one attached hydrogen (secondary N) is 1. The van der Waals surface area contributed by atoms with E-state index < -0.39 is 0 Å². The number of nitrogens with zero attached hydrogens (tertiary/aromatic N) is 3. The summed E-state index contributed by atoms with van der Waals surface area (Å²) >= 11 is 0. The monoisotopic (exact) mass is 178 g/mol. The van der Waals surface area contributed by atoms with Gasteiger partial charge >= 0.3 is 0 Å². The van der Waals surface area contributed by atoms with Crippen LogP contribution in [-0.2, 0) is 0 Å². The third kappa shape index (κ3) is 1.39. The largest absolute Gasteiger partial charge is 0.344 e. The summed E-state index contributed by atoms with van der Waals surface area (Å²) in [4.78, 5) is 6.32. The van der Waals surface area contributed by atoms with Crippen molar-refractivity contribution >= 4 is 6.34 Å². The summed E-state index contributed by atoms with van der Waals surface area (Å²) in [5, 5.41) is 1.88. The predicted octanol–water partition coefficient (Wildman–Crippen LogP) is 1.22. The minimum absolute atomic E-state index is 0.105. The lowest BCUT2D eigenvalue weighted by Gasteiger charge is -2.35. The summed E-state index contributed by atoms with van der Waals surface area (Å²) in [5.41, 5.74) is 3.10. The lowest BCUT2D eigenvalue weighted by Crippen LogP contribution is -2.38. The minimum Gasteiger partial charge on any atom is -0.344 e. The first-order valence-corrected chi connectivity index (χ1v) is 4.34. The van der Waals surface area contributed by atoms with Crippen LogP contribution in [0.1, 0.15) is 20.8 Å². The first-order valence-electron chi connectivity index (χ1n) is 4.34. The highest BCUT2D eigenvalue weighted by Gasteiger charge is 2.22. The molecule has 0 fully saturated rings. The topological polar surface area (TPSA) is 30.9 Å². The fourth-order valence-corrected chi connectivity index (χ4v) is 1.22. The van der Waals surface area contributed by atoms with Crippen LogP contribution in [0.2, 0.25) is 0 Å². The van der Waals surface area contributed by atoms with Gasteiger partial charge < -0.3 is 4.90 Å². The van der Waals surface area contributed by atoms with E-state index in [1.807, 2.05) is 23.6 Å². The molecule has 2 aliphatic heterocycles. The van der Waals surface area contributed by atoms with Gasteiger partial charge in [0.15, 0.2) is 5.82 Å². The van der Waals surface area contributed by atoms with E-state index >= 15 is 0 Å². The van der Waals surface area contributed by atoms with Crippen LogP contribution in [0.15, 0.2) is 29.4 Å². The first-order chi connectivity index (χ1) is 6.07. The molecule has 2 heterocycles. The summed E-state index contributed by atoms with van der Waals surface area (Å²) < 4.78 is 0. The third-order valence-corrected chi connectivity index (χ3v) is 2.05. The summed E-state index contributed by atoms with van der Waals surface area (Å²) in [7, 11) is 0. The van der Waals surface area contributed by atoms with E-state index in [2.05, 4.69) is 36.1 Å². The molecule has 4 heteroatoms. The molecule has 2 aliphatic rings. The quantitative estimate of drug-likeness (QED) is 0.605. The number of hydrazine groups is 1. The second-order valence-corrected chi connectivity index (χ2v) is 4.12. The number of fused-ring (bicyclic) bond motifs is 1. The average molecular weight is 178 g/mol. The smallest absolute Gasteiger partial charge is 0.169 e. The second-order valence-electron chi connectivity index (χ2n) is 4.12. The van der Waals surface area contributed by atoms with E-state index in [1.54, 1.807) is 6.34 Å². The molecule has 0 bridgehead atoms. The number of rotatable bonds is 0. The molecule has 0 atom stereocenters. The molecule has 0 aromatic heterocycles. The van der Waals surface area contributed by atoms with Gasteiger partial charge in [0.25, 0.3) is 0 Å². The number of hydrogen-bond acceptors (Lipinski definition) is 4. The van der Waals surface area contributed by atoms with E-state index in [-0.39, 0.29) is 5.54 Å². The Hall–Kier alpha value is -1.45. The standard InChI is InChI=1S/C9H14N4/c1-9(2,3)12-4-5-13-8(6-12)10-7-11-13/h4-7H,1-3H3,(H,10,11). The van der Waals surface area contributed by atoms with Gasteiger partial charge in [-0.05, 0) is 20.8 Å². The molecule has 2 rings (SSSR count). The van der Waals surface area contributed by atoms with Crippen molar-refractivity contribution in [1.82, 2.24) is 15.3 Å². The van der Waals surface area contributed by atoms with Crippen molar-refractivity contribution in [3.63, 3.8) is 0 Å². The fraction of sp³-hybridized carbons (Fsp3) is 0.444. The van der Waals surface area contributed by atoms with Crippen LogP contribution in [0.25, 0.3) is 0 Å². The summed E-state index contributed by atoms with van der Waals surface area (Å²) in [6.45, 7) is 6.49. The Balaban J connectivity index is 2.23. The maximum atomic E-state index is 4.18. The van der Waals surface area contributed by atoms with Gasteiger partial charge in [0.05, 0.1) is 0 Å². The van der Waals surface area contributed by atoms with Gasteiger partial charge in [0.2, 0.25) is 0 Å². The molecule has 1 N–H and O–H groups in total. The Bertz CT molecular complexity index is 295. The van der Waals surface area contributed by atoms with Crippen molar-refractivity contribution in [3.05, 3.63) is 24.4 Å². The Labute approximate surface area is 78.2 Å². The van der Waals surface area contributed by atoms with Crippen LogP contribution in [0.5, 0.6) is 0 Å². The van der Waals surface area contributed by atoms with Crippen LogP contribution in [0, 0.1) is 0 Å². The maximum absolute atomic E-state index is 4.18. The SMILES string of the molecule is CC(C)(C)N1C=CN2NC=NC2=C1. The summed E-state index contributed by atoms with van der Waals surface area (Å²) in [6, 6.07) is 0. The highest BCUT2D eigenvalue weighted by molar-refractivity contribution is 5.59. The van der Waals surface area contributed by atoms with Gasteiger partial charge in [-0.1, -0.05) is 0 Å². The van der Waals surface area contributed by atoms with Crippen molar-refractivity contribution < 1.29 is 0 Å². The van der Waals surface area contributed by atoms with E-state index in [1.165, 1.54) is 0 Å². The van der Waals surface area contributed by atoms with Crippen molar-refractivity contribution in [2.75, 3.05) is 0 Å². The molecule has 0 amide bonds. The van der Waals surface area contributed by atoms with Crippen LogP contribution in [0.3, 0.4) is 0 Å². The zero-order valence-corrected chi connectivity index (χ0v) is 8.15. The van der Waals surface area contributed by atoms with Gasteiger partial charge in [-0.15, -0.1) is 0 Å². The lowest BCUT2D eigenvalue weighted by atomic mass is 10.1. The number of aliphatic imine (C=N–C) groups is 1. The molecule has 0 aromatic rings. The Morgan fingerprint density at radius 3 is 2.77 bits per heavy atom. The van der Waals surface area contributed by atoms with Gasteiger partial charge in [-0.25, -0.2) is 10.0 Å². The second kappa shape index (κ2) is 2.52. The van der Waals surface area contributed by atoms with Gasteiger partial charge in [0, 0.05) is 24.1 Å². The van der Waals surface area contributed by atoms with Crippen molar-refractivity contribution in [2.45, 2.75) is 26.3 Å². The predicted molar refractivity (Wildman–Crippen MR) is 52.3 cm³/mol.